The number of aldehydes is 1. The Labute approximate surface area is 222 Å². The quantitative estimate of drug-likeness (QED) is 0.145. The first-order valence-electron chi connectivity index (χ1n) is 13.3. The molecule has 0 heterocycles. The number of carbonyl (C=O) groups excluding carboxylic acids is 3. The highest BCUT2D eigenvalue weighted by Gasteiger charge is 2.56. The predicted molar refractivity (Wildman–Crippen MR) is 150 cm³/mol. The van der Waals surface area contributed by atoms with E-state index in [2.05, 4.69) is 33.9 Å². The van der Waals surface area contributed by atoms with Gasteiger partial charge in [-0.15, -0.1) is 0 Å². The van der Waals surface area contributed by atoms with Crippen LogP contribution in [0.2, 0.25) is 36.3 Å². The van der Waals surface area contributed by atoms with Crippen LogP contribution in [0, 0.1) is 5.92 Å². The van der Waals surface area contributed by atoms with Crippen molar-refractivity contribution >= 4 is 34.9 Å². The molecule has 7 nitrogen and oxygen atoms in total. The van der Waals surface area contributed by atoms with E-state index in [0.29, 0.717) is 6.29 Å². The summed E-state index contributed by atoms with van der Waals surface area (Å²) in [7, 11) is -4.80. The van der Waals surface area contributed by atoms with Gasteiger partial charge in [0.2, 0.25) is 0 Å². The number of hydrogen-bond donors (Lipinski definition) is 0. The molecule has 0 amide bonds. The molecule has 0 aliphatic heterocycles. The minimum absolute atomic E-state index is 0.0380. The third kappa shape index (κ3) is 10.0. The van der Waals surface area contributed by atoms with Crippen LogP contribution in [0.25, 0.3) is 0 Å². The van der Waals surface area contributed by atoms with E-state index in [1.807, 2.05) is 20.8 Å². The molecule has 0 rings (SSSR count). The van der Waals surface area contributed by atoms with Gasteiger partial charge in [-0.1, -0.05) is 41.5 Å². The smallest absolute Gasteiger partial charge is 0.339 e. The Balaban J connectivity index is 6.94. The third-order valence-electron chi connectivity index (χ3n) is 7.10. The van der Waals surface area contributed by atoms with Crippen molar-refractivity contribution in [2.45, 2.75) is 143 Å². The summed E-state index contributed by atoms with van der Waals surface area (Å²) < 4.78 is 24.7. The summed E-state index contributed by atoms with van der Waals surface area (Å²) in [5, 5.41) is -0.101. The molecule has 0 aliphatic carbocycles. The van der Waals surface area contributed by atoms with E-state index < -0.39 is 57.7 Å². The molecule has 9 heteroatoms. The average molecular weight is 547 g/mol. The molecule has 0 radical (unpaired) electrons. The molecule has 0 aromatic carbocycles. The molecule has 0 saturated heterocycles. The van der Waals surface area contributed by atoms with E-state index in [1.54, 1.807) is 41.5 Å². The Hall–Kier alpha value is -1.04. The summed E-state index contributed by atoms with van der Waals surface area (Å²) >= 11 is 0. The van der Waals surface area contributed by atoms with Crippen molar-refractivity contribution in [3.8, 4) is 0 Å². The first-order chi connectivity index (χ1) is 16.0. The molecule has 36 heavy (non-hydrogen) atoms. The van der Waals surface area contributed by atoms with Gasteiger partial charge in [-0.25, -0.2) is 4.79 Å². The van der Waals surface area contributed by atoms with E-state index in [1.165, 1.54) is 0 Å². The van der Waals surface area contributed by atoms with Gasteiger partial charge >= 0.3 is 11.9 Å². The Morgan fingerprint density at radius 2 is 1.25 bits per heavy atom. The Bertz CT molecular complexity index is 732. The maximum Gasteiger partial charge on any atom is 0.339 e. The number of esters is 2. The summed E-state index contributed by atoms with van der Waals surface area (Å²) in [5.74, 6) is -2.37. The van der Waals surface area contributed by atoms with Crippen LogP contribution >= 0.6 is 0 Å². The molecule has 0 saturated carbocycles. The molecule has 0 N–H and O–H groups in total. The van der Waals surface area contributed by atoms with Crippen LogP contribution in [0.3, 0.4) is 0 Å². The summed E-state index contributed by atoms with van der Waals surface area (Å²) in [6, 6.07) is 2.19. The zero-order chi connectivity index (χ0) is 28.8. The first kappa shape index (κ1) is 35.0. The highest BCUT2D eigenvalue weighted by atomic mass is 28.4. The van der Waals surface area contributed by atoms with Crippen molar-refractivity contribution in [1.82, 2.24) is 0 Å². The summed E-state index contributed by atoms with van der Waals surface area (Å²) in [4.78, 5) is 39.9. The third-order valence-corrected chi connectivity index (χ3v) is 16.3. The second-order valence-corrected chi connectivity index (χ2v) is 22.8. The van der Waals surface area contributed by atoms with Crippen LogP contribution < -0.4 is 0 Å². The largest absolute Gasteiger partial charge is 0.460 e. The van der Waals surface area contributed by atoms with Crippen LogP contribution in [-0.4, -0.2) is 58.3 Å². The zero-order valence-electron chi connectivity index (χ0n) is 25.5. The second-order valence-electron chi connectivity index (χ2n) is 13.3. The molecule has 0 aromatic rings. The van der Waals surface area contributed by atoms with Crippen molar-refractivity contribution in [3.63, 3.8) is 0 Å². The van der Waals surface area contributed by atoms with Crippen LogP contribution in [0.5, 0.6) is 0 Å². The van der Waals surface area contributed by atoms with Crippen LogP contribution in [0.4, 0.5) is 0 Å². The summed E-state index contributed by atoms with van der Waals surface area (Å²) in [6.45, 7) is 27.1. The summed E-state index contributed by atoms with van der Waals surface area (Å²) in [5.41, 5.74) is -3.45. The zero-order valence-corrected chi connectivity index (χ0v) is 27.5. The van der Waals surface area contributed by atoms with E-state index in [0.717, 1.165) is 18.1 Å². The normalized spacial score (nSPS) is 16.2. The monoisotopic (exact) mass is 546 g/mol. The minimum Gasteiger partial charge on any atom is -0.460 e. The highest BCUT2D eigenvalue weighted by Crippen LogP contribution is 2.40. The van der Waals surface area contributed by atoms with Crippen molar-refractivity contribution in [1.29, 1.82) is 0 Å². The highest BCUT2D eigenvalue weighted by molar-refractivity contribution is 6.74. The van der Waals surface area contributed by atoms with E-state index in [-0.39, 0.29) is 11.6 Å². The van der Waals surface area contributed by atoms with Crippen LogP contribution in [0.1, 0.15) is 89.5 Å². The number of hydrogen-bond acceptors (Lipinski definition) is 7. The molecule has 0 aliphatic rings. The fourth-order valence-corrected chi connectivity index (χ4v) is 7.66. The predicted octanol–water partition coefficient (Wildman–Crippen LogP) is 6.66. The van der Waals surface area contributed by atoms with Gasteiger partial charge in [0.15, 0.2) is 22.2 Å². The molecule has 0 fully saturated rings. The Kier molecular flexibility index (Phi) is 12.3. The maximum atomic E-state index is 14.0. The molecule has 0 aromatic heterocycles. The van der Waals surface area contributed by atoms with Crippen molar-refractivity contribution < 1.29 is 32.7 Å². The maximum absolute atomic E-state index is 14.0. The van der Waals surface area contributed by atoms with Gasteiger partial charge < -0.3 is 23.1 Å². The molecular weight excluding hydrogens is 492 g/mol. The molecule has 0 unspecified atom stereocenters. The second kappa shape index (κ2) is 12.7. The SMILES string of the molecule is CC[Si](CC)(CC)O[C@](CC(=O)OC(C)(C)C)(C(=O)OC(C)(C)C)[C@H](C=O)CO[Si](C)(C)C(C)(C)C. The van der Waals surface area contributed by atoms with Gasteiger partial charge in [0.05, 0.1) is 12.3 Å². The topological polar surface area (TPSA) is 88.1 Å². The molecule has 0 spiro atoms. The first-order valence-corrected chi connectivity index (χ1v) is 18.7. The molecule has 212 valence electrons. The standard InChI is InChI=1S/C27H54O7Si2/c1-15-36(16-2,17-3)34-27(23(30)33-25(7,8)9,18-22(29)32-24(4,5)6)21(19-28)20-31-35(13,14)26(10,11)12/h19,21H,15-18,20H2,1-14H3/t21-,27+/m1/s1. The average Bonchev–Trinajstić information content (AvgIpc) is 2.68. The number of ether oxygens (including phenoxy) is 2. The molecular formula is C27H54O7Si2. The molecule has 0 bridgehead atoms. The molecule has 2 atom stereocenters. The van der Waals surface area contributed by atoms with Gasteiger partial charge in [0, 0.05) is 6.61 Å². The van der Waals surface area contributed by atoms with Crippen LogP contribution in [0.15, 0.2) is 0 Å². The van der Waals surface area contributed by atoms with E-state index in [4.69, 9.17) is 18.3 Å². The fourth-order valence-electron chi connectivity index (χ4n) is 3.62. The van der Waals surface area contributed by atoms with E-state index in [9.17, 15) is 14.4 Å². The number of rotatable bonds is 13. The van der Waals surface area contributed by atoms with Crippen molar-refractivity contribution in [2.24, 2.45) is 5.92 Å². The number of carbonyl (C=O) groups is 3. The lowest BCUT2D eigenvalue weighted by atomic mass is 9.85. The van der Waals surface area contributed by atoms with Gasteiger partial charge in [-0.2, -0.15) is 0 Å². The van der Waals surface area contributed by atoms with Gasteiger partial charge in [0.1, 0.15) is 17.5 Å². The van der Waals surface area contributed by atoms with Crippen LogP contribution in [-0.2, 0) is 32.7 Å². The fraction of sp³-hybridized carbons (Fsp3) is 0.889. The minimum atomic E-state index is -2.52. The summed E-state index contributed by atoms with van der Waals surface area (Å²) in [6.07, 6.45) is 0.278. The van der Waals surface area contributed by atoms with Crippen molar-refractivity contribution in [2.75, 3.05) is 6.61 Å². The van der Waals surface area contributed by atoms with Crippen molar-refractivity contribution in [3.05, 3.63) is 0 Å². The Morgan fingerprint density at radius 1 is 0.806 bits per heavy atom. The Morgan fingerprint density at radius 3 is 1.58 bits per heavy atom. The lowest BCUT2D eigenvalue weighted by molar-refractivity contribution is -0.189. The van der Waals surface area contributed by atoms with E-state index >= 15 is 0 Å². The van der Waals surface area contributed by atoms with Gasteiger partial charge in [-0.3, -0.25) is 4.79 Å². The lowest BCUT2D eigenvalue weighted by Gasteiger charge is -2.45. The van der Waals surface area contributed by atoms with Gasteiger partial charge in [-0.05, 0) is 77.8 Å². The van der Waals surface area contributed by atoms with Gasteiger partial charge in [0.25, 0.3) is 0 Å². The lowest BCUT2D eigenvalue weighted by Crippen LogP contribution is -2.61.